The van der Waals surface area contributed by atoms with Crippen molar-refractivity contribution in [2.24, 2.45) is 0 Å². The first kappa shape index (κ1) is 18.5. The lowest BCUT2D eigenvalue weighted by atomic mass is 10.1. The van der Waals surface area contributed by atoms with Gasteiger partial charge in [-0.3, -0.25) is 9.78 Å². The summed E-state index contributed by atoms with van der Waals surface area (Å²) in [6.07, 6.45) is 2.56. The average Bonchev–Trinajstić information content (AvgIpc) is 2.72. The molecule has 0 aliphatic heterocycles. The molecule has 1 heterocycles. The molecular formula is C22H23N3O2. The Labute approximate surface area is 159 Å². The molecule has 2 aromatic carbocycles. The summed E-state index contributed by atoms with van der Waals surface area (Å²) in [5.74, 6) is 0.519. The van der Waals surface area contributed by atoms with Crippen LogP contribution in [0.15, 0.2) is 66.9 Å². The van der Waals surface area contributed by atoms with Gasteiger partial charge in [-0.05, 0) is 36.2 Å². The van der Waals surface area contributed by atoms with Crippen molar-refractivity contribution >= 4 is 17.3 Å². The molecule has 0 bridgehead atoms. The maximum absolute atomic E-state index is 12.5. The van der Waals surface area contributed by atoms with Crippen molar-refractivity contribution in [2.75, 3.05) is 12.4 Å². The Balaban J connectivity index is 1.70. The van der Waals surface area contributed by atoms with Crippen LogP contribution in [0.25, 0.3) is 0 Å². The van der Waals surface area contributed by atoms with Crippen molar-refractivity contribution in [1.82, 2.24) is 10.3 Å². The summed E-state index contributed by atoms with van der Waals surface area (Å²) in [5, 5.41) is 6.27. The minimum atomic E-state index is -0.228. The van der Waals surface area contributed by atoms with Gasteiger partial charge in [-0.1, -0.05) is 43.3 Å². The lowest BCUT2D eigenvalue weighted by Crippen LogP contribution is -2.24. The number of anilines is 2. The highest BCUT2D eigenvalue weighted by atomic mass is 16.5. The number of aromatic nitrogens is 1. The molecule has 3 rings (SSSR count). The summed E-state index contributed by atoms with van der Waals surface area (Å²) in [6.45, 7) is 2.49. The highest BCUT2D eigenvalue weighted by Crippen LogP contribution is 2.21. The van der Waals surface area contributed by atoms with E-state index in [1.807, 2.05) is 48.5 Å². The predicted octanol–water partition coefficient (Wildman–Crippen LogP) is 4.33. The van der Waals surface area contributed by atoms with Gasteiger partial charge in [-0.25, -0.2) is 0 Å². The number of hydrogen-bond donors (Lipinski definition) is 2. The van der Waals surface area contributed by atoms with Crippen LogP contribution < -0.4 is 15.4 Å². The number of para-hydroxylation sites is 2. The van der Waals surface area contributed by atoms with Crippen LogP contribution in [-0.4, -0.2) is 18.0 Å². The molecule has 5 nitrogen and oxygen atoms in total. The highest BCUT2D eigenvalue weighted by molar-refractivity contribution is 5.93. The molecule has 0 saturated carbocycles. The number of carbonyl (C=O) groups is 1. The van der Waals surface area contributed by atoms with E-state index in [1.165, 1.54) is 5.56 Å². The molecule has 0 radical (unpaired) electrons. The summed E-state index contributed by atoms with van der Waals surface area (Å²) in [4.78, 5) is 16.7. The number of rotatable bonds is 7. The Bertz CT molecular complexity index is 925. The lowest BCUT2D eigenvalue weighted by molar-refractivity contribution is 0.0945. The third kappa shape index (κ3) is 4.64. The molecule has 0 aliphatic carbocycles. The maximum atomic E-state index is 12.5. The standard InChI is InChI=1S/C22H23N3O2/c1-3-16-8-4-6-10-19(16)25-18-12-13-23-20(14-18)22(26)24-15-17-9-5-7-11-21(17)27-2/h4-14H,3,15H2,1-2H3,(H,23,25)(H,24,26). The number of nitrogens with one attached hydrogen (secondary N) is 2. The van der Waals surface area contributed by atoms with E-state index < -0.39 is 0 Å². The van der Waals surface area contributed by atoms with Gasteiger partial charge in [-0.15, -0.1) is 0 Å². The molecule has 1 aromatic heterocycles. The second-order valence-corrected chi connectivity index (χ2v) is 6.06. The van der Waals surface area contributed by atoms with Crippen molar-refractivity contribution in [3.63, 3.8) is 0 Å². The zero-order chi connectivity index (χ0) is 19.1. The first-order valence-corrected chi connectivity index (χ1v) is 8.92. The third-order valence-corrected chi connectivity index (χ3v) is 4.30. The molecule has 5 heteroatoms. The molecule has 0 unspecified atom stereocenters. The summed E-state index contributed by atoms with van der Waals surface area (Å²) >= 11 is 0. The second-order valence-electron chi connectivity index (χ2n) is 6.06. The zero-order valence-corrected chi connectivity index (χ0v) is 15.5. The van der Waals surface area contributed by atoms with Gasteiger partial charge in [0.1, 0.15) is 11.4 Å². The number of nitrogens with zero attached hydrogens (tertiary/aromatic N) is 1. The van der Waals surface area contributed by atoms with Gasteiger partial charge in [0.15, 0.2) is 0 Å². The normalized spacial score (nSPS) is 10.3. The zero-order valence-electron chi connectivity index (χ0n) is 15.5. The number of ether oxygens (including phenoxy) is 1. The summed E-state index contributed by atoms with van der Waals surface area (Å²) in [7, 11) is 1.62. The van der Waals surface area contributed by atoms with E-state index in [0.29, 0.717) is 12.2 Å². The number of benzene rings is 2. The van der Waals surface area contributed by atoms with Crippen LogP contribution in [0.3, 0.4) is 0 Å². The number of amides is 1. The van der Waals surface area contributed by atoms with E-state index in [4.69, 9.17) is 4.74 Å². The SMILES string of the molecule is CCc1ccccc1Nc1ccnc(C(=O)NCc2ccccc2OC)c1. The van der Waals surface area contributed by atoms with Crippen LogP contribution in [0.5, 0.6) is 5.75 Å². The molecule has 1 amide bonds. The largest absolute Gasteiger partial charge is 0.496 e. The fraction of sp³-hybridized carbons (Fsp3) is 0.182. The first-order chi connectivity index (χ1) is 13.2. The number of pyridine rings is 1. The van der Waals surface area contributed by atoms with E-state index in [0.717, 1.165) is 29.1 Å². The lowest BCUT2D eigenvalue weighted by Gasteiger charge is -2.12. The van der Waals surface area contributed by atoms with Crippen molar-refractivity contribution < 1.29 is 9.53 Å². The highest BCUT2D eigenvalue weighted by Gasteiger charge is 2.10. The second kappa shape index (κ2) is 8.85. The van der Waals surface area contributed by atoms with Crippen LogP contribution in [0.2, 0.25) is 0 Å². The van der Waals surface area contributed by atoms with Gasteiger partial charge < -0.3 is 15.4 Å². The smallest absolute Gasteiger partial charge is 0.270 e. The number of methoxy groups -OCH3 is 1. The number of hydrogen-bond acceptors (Lipinski definition) is 4. The van der Waals surface area contributed by atoms with E-state index in [9.17, 15) is 4.79 Å². The monoisotopic (exact) mass is 361 g/mol. The van der Waals surface area contributed by atoms with Crippen molar-refractivity contribution in [3.8, 4) is 5.75 Å². The molecule has 0 spiro atoms. The minimum absolute atomic E-state index is 0.228. The molecule has 138 valence electrons. The fourth-order valence-corrected chi connectivity index (χ4v) is 2.85. The Morgan fingerprint density at radius 3 is 2.56 bits per heavy atom. The molecule has 2 N–H and O–H groups in total. The minimum Gasteiger partial charge on any atom is -0.496 e. The van der Waals surface area contributed by atoms with E-state index >= 15 is 0 Å². The van der Waals surface area contributed by atoms with Crippen LogP contribution in [0.4, 0.5) is 11.4 Å². The van der Waals surface area contributed by atoms with E-state index in [-0.39, 0.29) is 5.91 Å². The fourth-order valence-electron chi connectivity index (χ4n) is 2.85. The Morgan fingerprint density at radius 2 is 1.78 bits per heavy atom. The topological polar surface area (TPSA) is 63.2 Å². The molecule has 3 aromatic rings. The first-order valence-electron chi connectivity index (χ1n) is 8.92. The van der Waals surface area contributed by atoms with Crippen LogP contribution in [0, 0.1) is 0 Å². The Morgan fingerprint density at radius 1 is 1.04 bits per heavy atom. The Kier molecular flexibility index (Phi) is 6.05. The molecular weight excluding hydrogens is 338 g/mol. The number of carbonyl (C=O) groups excluding carboxylic acids is 1. The predicted molar refractivity (Wildman–Crippen MR) is 108 cm³/mol. The molecule has 0 aliphatic rings. The van der Waals surface area contributed by atoms with Gasteiger partial charge in [-0.2, -0.15) is 0 Å². The van der Waals surface area contributed by atoms with E-state index in [1.54, 1.807) is 19.4 Å². The molecule has 0 fully saturated rings. The van der Waals surface area contributed by atoms with Gasteiger partial charge >= 0.3 is 0 Å². The van der Waals surface area contributed by atoms with Gasteiger partial charge in [0.25, 0.3) is 5.91 Å². The summed E-state index contributed by atoms with van der Waals surface area (Å²) in [6, 6.07) is 19.3. The van der Waals surface area contributed by atoms with Crippen LogP contribution in [-0.2, 0) is 13.0 Å². The van der Waals surface area contributed by atoms with Crippen molar-refractivity contribution in [2.45, 2.75) is 19.9 Å². The maximum Gasteiger partial charge on any atom is 0.270 e. The Hall–Kier alpha value is -3.34. The van der Waals surface area contributed by atoms with E-state index in [2.05, 4.69) is 28.6 Å². The van der Waals surface area contributed by atoms with Crippen molar-refractivity contribution in [1.29, 1.82) is 0 Å². The quantitative estimate of drug-likeness (QED) is 0.658. The van der Waals surface area contributed by atoms with Crippen molar-refractivity contribution in [3.05, 3.63) is 83.7 Å². The molecule has 0 atom stereocenters. The third-order valence-electron chi connectivity index (χ3n) is 4.30. The summed E-state index contributed by atoms with van der Waals surface area (Å²) in [5.41, 5.74) is 4.36. The van der Waals surface area contributed by atoms with Crippen LogP contribution >= 0.6 is 0 Å². The van der Waals surface area contributed by atoms with Gasteiger partial charge in [0, 0.05) is 29.7 Å². The van der Waals surface area contributed by atoms with Gasteiger partial charge in [0.05, 0.1) is 7.11 Å². The number of aryl methyl sites for hydroxylation is 1. The molecule has 27 heavy (non-hydrogen) atoms. The van der Waals surface area contributed by atoms with Crippen LogP contribution in [0.1, 0.15) is 28.5 Å². The summed E-state index contributed by atoms with van der Waals surface area (Å²) < 4.78 is 5.31. The molecule has 0 saturated heterocycles. The average molecular weight is 361 g/mol. The van der Waals surface area contributed by atoms with Gasteiger partial charge in [0.2, 0.25) is 0 Å².